The summed E-state index contributed by atoms with van der Waals surface area (Å²) in [5.41, 5.74) is 3.50. The number of nitrogens with zero attached hydrogens (tertiary/aromatic N) is 4. The minimum Gasteiger partial charge on any atom is -0.368 e. The molecule has 7 heteroatoms. The fourth-order valence-corrected chi connectivity index (χ4v) is 5.09. The number of fused-ring (bicyclic) bond motifs is 3. The van der Waals surface area contributed by atoms with Crippen molar-refractivity contribution in [3.8, 4) is 0 Å². The number of pyridine rings is 1. The number of hydrogen-bond donors (Lipinski definition) is 0. The number of piperazine rings is 1. The van der Waals surface area contributed by atoms with Crippen LogP contribution in [0.15, 0.2) is 77.7 Å². The molecule has 1 aliphatic heterocycles. The first-order chi connectivity index (χ1) is 17.0. The fraction of sp³-hybridized carbons (Fsp3) is 0.179. The summed E-state index contributed by atoms with van der Waals surface area (Å²) >= 11 is 6.21. The molecule has 2 aromatic heterocycles. The van der Waals surface area contributed by atoms with Gasteiger partial charge in [0.1, 0.15) is 0 Å². The number of carbonyl (C=O) groups excluding carboxylic acids is 1. The number of aromatic nitrogens is 2. The summed E-state index contributed by atoms with van der Waals surface area (Å²) < 4.78 is 1.48. The zero-order valence-corrected chi connectivity index (χ0v) is 20.0. The van der Waals surface area contributed by atoms with E-state index in [4.69, 9.17) is 16.6 Å². The number of carbonyl (C=O) groups is 1. The normalized spacial score (nSPS) is 14.2. The quantitative estimate of drug-likeness (QED) is 0.335. The van der Waals surface area contributed by atoms with E-state index in [9.17, 15) is 9.59 Å². The molecule has 0 saturated carbocycles. The van der Waals surface area contributed by atoms with Gasteiger partial charge in [0.05, 0.1) is 16.5 Å². The number of amides is 1. The molecule has 35 heavy (non-hydrogen) atoms. The molecule has 0 aliphatic carbocycles. The second-order valence-corrected chi connectivity index (χ2v) is 9.40. The van der Waals surface area contributed by atoms with Gasteiger partial charge in [-0.15, -0.1) is 0 Å². The highest BCUT2D eigenvalue weighted by Gasteiger charge is 2.25. The van der Waals surface area contributed by atoms with Gasteiger partial charge in [-0.2, -0.15) is 0 Å². The van der Waals surface area contributed by atoms with E-state index >= 15 is 0 Å². The number of anilines is 1. The molecule has 0 unspecified atom stereocenters. The third-order valence-electron chi connectivity index (χ3n) is 6.82. The Bertz CT molecular complexity index is 1690. The molecule has 1 saturated heterocycles. The lowest BCUT2D eigenvalue weighted by Gasteiger charge is -2.37. The lowest BCUT2D eigenvalue weighted by molar-refractivity contribution is 0.0748. The highest BCUT2D eigenvalue weighted by molar-refractivity contribution is 6.30. The molecule has 174 valence electrons. The number of hydrogen-bond acceptors (Lipinski definition) is 4. The van der Waals surface area contributed by atoms with Crippen molar-refractivity contribution in [1.82, 2.24) is 14.3 Å². The van der Waals surface area contributed by atoms with Crippen molar-refractivity contribution in [2.75, 3.05) is 31.1 Å². The molecule has 3 heterocycles. The van der Waals surface area contributed by atoms with E-state index in [1.54, 1.807) is 18.3 Å². The molecule has 0 radical (unpaired) electrons. The molecule has 6 rings (SSSR count). The largest absolute Gasteiger partial charge is 0.368 e. The zero-order chi connectivity index (χ0) is 24.1. The van der Waals surface area contributed by atoms with Gasteiger partial charge >= 0.3 is 0 Å². The summed E-state index contributed by atoms with van der Waals surface area (Å²) in [5, 5.41) is 3.24. The van der Waals surface area contributed by atoms with Gasteiger partial charge in [-0.25, -0.2) is 4.98 Å². The summed E-state index contributed by atoms with van der Waals surface area (Å²) in [6, 6.07) is 21.0. The molecule has 5 aromatic rings. The smallest absolute Gasteiger partial charge is 0.265 e. The lowest BCUT2D eigenvalue weighted by Crippen LogP contribution is -2.49. The van der Waals surface area contributed by atoms with E-state index in [0.717, 1.165) is 22.0 Å². The zero-order valence-electron chi connectivity index (χ0n) is 19.2. The highest BCUT2D eigenvalue weighted by Crippen LogP contribution is 2.26. The Kier molecular flexibility index (Phi) is 5.19. The lowest BCUT2D eigenvalue weighted by atomic mass is 10.1. The monoisotopic (exact) mass is 482 g/mol. The summed E-state index contributed by atoms with van der Waals surface area (Å²) in [7, 11) is 0. The number of aryl methyl sites for hydroxylation is 1. The fourth-order valence-electron chi connectivity index (χ4n) is 4.93. The van der Waals surface area contributed by atoms with E-state index in [0.29, 0.717) is 53.3 Å². The van der Waals surface area contributed by atoms with Crippen LogP contribution < -0.4 is 10.5 Å². The Labute approximate surface area is 207 Å². The van der Waals surface area contributed by atoms with Crippen LogP contribution in [0, 0.1) is 6.92 Å². The van der Waals surface area contributed by atoms with Crippen LogP contribution >= 0.6 is 11.6 Å². The first kappa shape index (κ1) is 21.6. The van der Waals surface area contributed by atoms with Crippen LogP contribution in [0.25, 0.3) is 27.3 Å². The average Bonchev–Trinajstić information content (AvgIpc) is 2.89. The molecular weight excluding hydrogens is 460 g/mol. The Morgan fingerprint density at radius 1 is 0.914 bits per heavy atom. The first-order valence-electron chi connectivity index (χ1n) is 11.6. The van der Waals surface area contributed by atoms with E-state index in [1.807, 2.05) is 59.5 Å². The van der Waals surface area contributed by atoms with Crippen molar-refractivity contribution in [1.29, 1.82) is 0 Å². The molecule has 0 bridgehead atoms. The predicted octanol–water partition coefficient (Wildman–Crippen LogP) is 4.93. The van der Waals surface area contributed by atoms with Crippen LogP contribution in [0.2, 0.25) is 5.02 Å². The number of benzene rings is 3. The molecule has 1 amide bonds. The molecular formula is C28H23ClN4O2. The van der Waals surface area contributed by atoms with Gasteiger partial charge in [0, 0.05) is 43.1 Å². The van der Waals surface area contributed by atoms with Crippen molar-refractivity contribution in [3.05, 3.63) is 99.4 Å². The van der Waals surface area contributed by atoms with E-state index in [-0.39, 0.29) is 11.5 Å². The third-order valence-corrected chi connectivity index (χ3v) is 7.05. The predicted molar refractivity (Wildman–Crippen MR) is 141 cm³/mol. The van der Waals surface area contributed by atoms with Crippen LogP contribution in [-0.4, -0.2) is 46.4 Å². The van der Waals surface area contributed by atoms with E-state index in [1.165, 1.54) is 4.40 Å². The van der Waals surface area contributed by atoms with E-state index < -0.39 is 0 Å². The van der Waals surface area contributed by atoms with Crippen LogP contribution in [0.1, 0.15) is 15.9 Å². The van der Waals surface area contributed by atoms with Gasteiger partial charge in [0.2, 0.25) is 0 Å². The first-order valence-corrected chi connectivity index (χ1v) is 12.0. The van der Waals surface area contributed by atoms with Gasteiger partial charge in [0.25, 0.3) is 11.5 Å². The van der Waals surface area contributed by atoms with E-state index in [2.05, 4.69) is 11.8 Å². The van der Waals surface area contributed by atoms with Gasteiger partial charge in [-0.3, -0.25) is 14.0 Å². The standard InChI is InChI=1S/C28H23ClN4O2/c1-18-8-9-21(29)17-25(18)31-11-13-32(14-12-31)27(34)22-7-4-10-33-26(22)30-24-16-20-6-3-2-5-19(20)15-23(24)28(33)35/h2-10,15-17H,11-14H2,1H3. The Balaban J connectivity index is 1.35. The summed E-state index contributed by atoms with van der Waals surface area (Å²) in [6.45, 7) is 4.64. The summed E-state index contributed by atoms with van der Waals surface area (Å²) in [5.74, 6) is -0.113. The Morgan fingerprint density at radius 3 is 2.43 bits per heavy atom. The second kappa shape index (κ2) is 8.40. The third kappa shape index (κ3) is 3.70. The maximum Gasteiger partial charge on any atom is 0.265 e. The topological polar surface area (TPSA) is 57.9 Å². The van der Waals surface area contributed by atoms with Gasteiger partial charge in [-0.05, 0) is 59.7 Å². The molecule has 0 N–H and O–H groups in total. The summed E-state index contributed by atoms with van der Waals surface area (Å²) in [6.07, 6.45) is 1.68. The van der Waals surface area contributed by atoms with Gasteiger partial charge in [0.15, 0.2) is 5.65 Å². The van der Waals surface area contributed by atoms with Gasteiger partial charge < -0.3 is 9.80 Å². The van der Waals surface area contributed by atoms with Crippen LogP contribution in [0.3, 0.4) is 0 Å². The SMILES string of the molecule is Cc1ccc(Cl)cc1N1CCN(C(=O)c2cccn3c(=O)c4cc5ccccc5cc4nc23)CC1. The molecule has 0 atom stereocenters. The van der Waals surface area contributed by atoms with Crippen LogP contribution in [0.5, 0.6) is 0 Å². The number of rotatable bonds is 2. The maximum absolute atomic E-state index is 13.6. The van der Waals surface area contributed by atoms with Crippen molar-refractivity contribution in [3.63, 3.8) is 0 Å². The Morgan fingerprint density at radius 2 is 1.66 bits per heavy atom. The van der Waals surface area contributed by atoms with Crippen LogP contribution in [-0.2, 0) is 0 Å². The van der Waals surface area contributed by atoms with Crippen molar-refractivity contribution < 1.29 is 4.79 Å². The molecule has 0 spiro atoms. The second-order valence-electron chi connectivity index (χ2n) is 8.96. The van der Waals surface area contributed by atoms with Crippen LogP contribution in [0.4, 0.5) is 5.69 Å². The summed E-state index contributed by atoms with van der Waals surface area (Å²) in [4.78, 5) is 35.8. The van der Waals surface area contributed by atoms with Crippen molar-refractivity contribution in [2.45, 2.75) is 6.92 Å². The molecule has 1 fully saturated rings. The molecule has 1 aliphatic rings. The average molecular weight is 483 g/mol. The minimum absolute atomic E-state index is 0.113. The maximum atomic E-state index is 13.6. The van der Waals surface area contributed by atoms with Crippen molar-refractivity contribution >= 4 is 50.5 Å². The Hall–Kier alpha value is -3.90. The van der Waals surface area contributed by atoms with Gasteiger partial charge in [-0.1, -0.05) is 41.9 Å². The minimum atomic E-state index is -0.174. The number of halogens is 1. The van der Waals surface area contributed by atoms with Crippen molar-refractivity contribution in [2.24, 2.45) is 0 Å². The highest BCUT2D eigenvalue weighted by atomic mass is 35.5. The molecule has 3 aromatic carbocycles. The molecule has 6 nitrogen and oxygen atoms in total.